The van der Waals surface area contributed by atoms with Gasteiger partial charge < -0.3 is 30.6 Å². The third-order valence-electron chi connectivity index (χ3n) is 3.79. The number of benzene rings is 1. The summed E-state index contributed by atoms with van der Waals surface area (Å²) < 4.78 is 15.0. The minimum Gasteiger partial charge on any atom is -0.449 e. The molecule has 4 N–H and O–H groups in total. The number of carbonyl (C=O) groups is 3. The molecule has 1 aromatic carbocycles. The second kappa shape index (κ2) is 17.7. The molecule has 0 aliphatic heterocycles. The van der Waals surface area contributed by atoms with Crippen LogP contribution in [0.1, 0.15) is 45.6 Å². The monoisotopic (exact) mass is 514 g/mol. The van der Waals surface area contributed by atoms with Crippen LogP contribution >= 0.6 is 22.5 Å². The Morgan fingerprint density at radius 1 is 1.15 bits per heavy atom. The fourth-order valence-corrected chi connectivity index (χ4v) is 2.38. The average molecular weight is 515 g/mol. The maximum absolute atomic E-state index is 12.1. The molecule has 10 nitrogen and oxygen atoms in total. The number of unbranched alkanes of at least 4 members (excludes halogenated alkanes) is 1. The fourth-order valence-electron chi connectivity index (χ4n) is 2.38. The molecule has 0 saturated carbocycles. The third-order valence-corrected chi connectivity index (χ3v) is 3.79. The summed E-state index contributed by atoms with van der Waals surface area (Å²) in [6.45, 7) is 5.15. The van der Waals surface area contributed by atoms with E-state index < -0.39 is 36.4 Å². The van der Waals surface area contributed by atoms with Gasteiger partial charge in [0.1, 0.15) is 24.3 Å². The largest absolute Gasteiger partial charge is 0.449 e. The quantitative estimate of drug-likeness (QED) is 0.0911. The van der Waals surface area contributed by atoms with Gasteiger partial charge in [-0.1, -0.05) is 12.1 Å². The number of hydrogen-bond acceptors (Lipinski definition) is 10. The number of hydrogen-bond donors (Lipinski definition) is 4. The van der Waals surface area contributed by atoms with Crippen molar-refractivity contribution in [2.45, 2.75) is 58.3 Å². The van der Waals surface area contributed by atoms with Gasteiger partial charge in [-0.15, -0.1) is 22.5 Å². The molecule has 1 aromatic rings. The van der Waals surface area contributed by atoms with Gasteiger partial charge in [-0.25, -0.2) is 14.4 Å². The second-order valence-electron chi connectivity index (χ2n) is 7.89. The zero-order valence-corrected chi connectivity index (χ0v) is 21.7. The number of ether oxygens (including phenoxy) is 3. The predicted octanol–water partition coefficient (Wildman–Crippen LogP) is 3.82. The molecule has 0 saturated heterocycles. The van der Waals surface area contributed by atoms with Crippen molar-refractivity contribution >= 4 is 46.3 Å². The highest BCUT2D eigenvalue weighted by Gasteiger charge is 2.25. The van der Waals surface area contributed by atoms with Gasteiger partial charge in [0.15, 0.2) is 6.61 Å². The van der Waals surface area contributed by atoms with Gasteiger partial charge in [0, 0.05) is 12.2 Å². The lowest BCUT2D eigenvalue weighted by Gasteiger charge is -2.22. The number of nitriles is 1. The van der Waals surface area contributed by atoms with Crippen molar-refractivity contribution < 1.29 is 28.6 Å². The summed E-state index contributed by atoms with van der Waals surface area (Å²) in [4.78, 5) is 35.8. The maximum atomic E-state index is 12.1. The molecule has 2 amide bonds. The Labute approximate surface area is 210 Å². The van der Waals surface area contributed by atoms with Crippen molar-refractivity contribution in [2.75, 3.05) is 25.1 Å². The number of nitrogens with zero attached hydrogens (tertiary/aromatic N) is 1. The van der Waals surface area contributed by atoms with Crippen molar-refractivity contribution in [3.63, 3.8) is 0 Å². The molecular formula is C22H34N4O6S2. The van der Waals surface area contributed by atoms with Crippen molar-refractivity contribution in [3.05, 3.63) is 29.8 Å². The molecule has 0 aliphatic carbocycles. The number of nitrogen functional groups attached to an aromatic ring is 1. The summed E-state index contributed by atoms with van der Waals surface area (Å²) in [6, 6.07) is 7.73. The van der Waals surface area contributed by atoms with Crippen LogP contribution in [0, 0.1) is 11.3 Å². The lowest BCUT2D eigenvalue weighted by Crippen LogP contribution is -2.44. The van der Waals surface area contributed by atoms with Gasteiger partial charge in [-0.2, -0.15) is 5.26 Å². The SMILES string of the molecule is CC(C)(C)OC(=O)NC(CCCCNC(=O)OCc1ccc(N)cc1)C(=O)OCC#N.CSS. The summed E-state index contributed by atoms with van der Waals surface area (Å²) in [7, 11) is 1.44. The maximum Gasteiger partial charge on any atom is 0.408 e. The smallest absolute Gasteiger partial charge is 0.408 e. The summed E-state index contributed by atoms with van der Waals surface area (Å²) in [5, 5.41) is 13.6. The molecule has 34 heavy (non-hydrogen) atoms. The van der Waals surface area contributed by atoms with E-state index in [4.69, 9.17) is 25.2 Å². The third kappa shape index (κ3) is 16.8. The summed E-state index contributed by atoms with van der Waals surface area (Å²) in [5.74, 6) is -0.719. The number of anilines is 1. The number of carbonyl (C=O) groups excluding carboxylic acids is 3. The van der Waals surface area contributed by atoms with Crippen molar-refractivity contribution in [1.82, 2.24) is 10.6 Å². The number of nitrogens with two attached hydrogens (primary N) is 1. The van der Waals surface area contributed by atoms with E-state index in [1.807, 2.05) is 6.26 Å². The Bertz CT molecular complexity index is 794. The van der Waals surface area contributed by atoms with E-state index in [2.05, 4.69) is 22.3 Å². The van der Waals surface area contributed by atoms with E-state index in [0.29, 0.717) is 25.1 Å². The number of nitrogens with one attached hydrogen (secondary N) is 2. The Morgan fingerprint density at radius 2 is 1.76 bits per heavy atom. The van der Waals surface area contributed by atoms with Gasteiger partial charge in [0.25, 0.3) is 0 Å². The first-order valence-electron chi connectivity index (χ1n) is 10.5. The molecule has 0 bridgehead atoms. The lowest BCUT2D eigenvalue weighted by molar-refractivity contribution is -0.145. The lowest BCUT2D eigenvalue weighted by atomic mass is 10.1. The number of thiol groups is 1. The fraction of sp³-hybridized carbons (Fsp3) is 0.545. The summed E-state index contributed by atoms with van der Waals surface area (Å²) >= 11 is 3.71. The van der Waals surface area contributed by atoms with E-state index in [9.17, 15) is 14.4 Å². The normalized spacial score (nSPS) is 11.1. The highest BCUT2D eigenvalue weighted by atomic mass is 33.1. The molecule has 0 heterocycles. The van der Waals surface area contributed by atoms with Gasteiger partial charge >= 0.3 is 18.2 Å². The second-order valence-corrected chi connectivity index (χ2v) is 9.35. The molecule has 12 heteroatoms. The first kappa shape index (κ1) is 31.2. The van der Waals surface area contributed by atoms with Gasteiger partial charge in [-0.05, 0) is 64.0 Å². The Morgan fingerprint density at radius 3 is 2.32 bits per heavy atom. The molecule has 0 aliphatic rings. The van der Waals surface area contributed by atoms with E-state index in [1.165, 1.54) is 10.8 Å². The molecule has 1 rings (SSSR count). The first-order chi connectivity index (χ1) is 16.0. The van der Waals surface area contributed by atoms with Crippen LogP contribution in [-0.4, -0.2) is 49.2 Å². The zero-order valence-electron chi connectivity index (χ0n) is 20.0. The molecule has 0 fully saturated rings. The summed E-state index contributed by atoms with van der Waals surface area (Å²) in [5.41, 5.74) is 6.33. The Kier molecular flexibility index (Phi) is 16.2. The van der Waals surface area contributed by atoms with Crippen molar-refractivity contribution in [3.8, 4) is 6.07 Å². The topological polar surface area (TPSA) is 153 Å². The Hall–Kier alpha value is -2.78. The van der Waals surface area contributed by atoms with Crippen LogP contribution in [0.15, 0.2) is 24.3 Å². The van der Waals surface area contributed by atoms with Crippen LogP contribution in [0.3, 0.4) is 0 Å². The predicted molar refractivity (Wildman–Crippen MR) is 135 cm³/mol. The van der Waals surface area contributed by atoms with Crippen molar-refractivity contribution in [1.29, 1.82) is 5.26 Å². The molecule has 1 unspecified atom stereocenters. The molecular weight excluding hydrogens is 480 g/mol. The van der Waals surface area contributed by atoms with Crippen LogP contribution in [0.25, 0.3) is 0 Å². The molecule has 1 atom stereocenters. The number of alkyl carbamates (subject to hydrolysis) is 2. The van der Waals surface area contributed by atoms with Crippen LogP contribution in [0.4, 0.5) is 15.3 Å². The molecule has 0 radical (unpaired) electrons. The van der Waals surface area contributed by atoms with Crippen LogP contribution in [0.5, 0.6) is 0 Å². The number of esters is 1. The minimum absolute atomic E-state index is 0.124. The van der Waals surface area contributed by atoms with E-state index in [1.54, 1.807) is 51.1 Å². The zero-order chi connectivity index (χ0) is 26.0. The molecule has 190 valence electrons. The van der Waals surface area contributed by atoms with Crippen LogP contribution in [-0.2, 0) is 25.6 Å². The van der Waals surface area contributed by atoms with Gasteiger partial charge in [0.05, 0.1) is 0 Å². The van der Waals surface area contributed by atoms with E-state index in [-0.39, 0.29) is 13.0 Å². The highest BCUT2D eigenvalue weighted by Crippen LogP contribution is 2.09. The van der Waals surface area contributed by atoms with Crippen LogP contribution < -0.4 is 16.4 Å². The van der Waals surface area contributed by atoms with Gasteiger partial charge in [-0.3, -0.25) is 0 Å². The molecule has 0 aromatic heterocycles. The average Bonchev–Trinajstić information content (AvgIpc) is 2.75. The minimum atomic E-state index is -0.958. The highest BCUT2D eigenvalue weighted by molar-refractivity contribution is 8.68. The standard InChI is InChI=1S/C21H30N4O6.CH4S2/c1-21(2,3)31-20(28)25-17(18(26)29-13-11-22)6-4-5-12-24-19(27)30-14-15-7-9-16(23)10-8-15;1-3-2/h7-10,17H,4-6,12-14,23H2,1-3H3,(H,24,27)(H,25,28);2H,1H3. The van der Waals surface area contributed by atoms with E-state index >= 15 is 0 Å². The Balaban J connectivity index is 0.00000343. The van der Waals surface area contributed by atoms with Gasteiger partial charge in [0.2, 0.25) is 0 Å². The number of amides is 2. The van der Waals surface area contributed by atoms with Crippen molar-refractivity contribution in [2.24, 2.45) is 0 Å². The first-order valence-corrected chi connectivity index (χ1v) is 12.8. The number of rotatable bonds is 10. The summed E-state index contributed by atoms with van der Waals surface area (Å²) in [6.07, 6.45) is 1.88. The molecule has 0 spiro atoms. The van der Waals surface area contributed by atoms with Crippen LogP contribution in [0.2, 0.25) is 0 Å². The van der Waals surface area contributed by atoms with E-state index in [0.717, 1.165) is 5.56 Å².